The van der Waals surface area contributed by atoms with E-state index in [1.54, 1.807) is 16.9 Å². The van der Waals surface area contributed by atoms with Crippen LogP contribution in [0, 0.1) is 5.82 Å². The minimum Gasteiger partial charge on any atom is -0.379 e. The molecule has 4 rings (SSSR count). The van der Waals surface area contributed by atoms with Crippen molar-refractivity contribution in [1.29, 1.82) is 0 Å². The Bertz CT molecular complexity index is 1160. The molecular weight excluding hydrogens is 411 g/mol. The highest BCUT2D eigenvalue weighted by atomic mass is 32.2. The van der Waals surface area contributed by atoms with Crippen LogP contribution in [0.2, 0.25) is 0 Å². The number of amides is 1. The Morgan fingerprint density at radius 3 is 2.53 bits per heavy atom. The van der Waals surface area contributed by atoms with Crippen LogP contribution in [0.4, 0.5) is 10.2 Å². The van der Waals surface area contributed by atoms with Crippen LogP contribution < -0.4 is 5.32 Å². The fourth-order valence-electron chi connectivity index (χ4n) is 3.07. The standard InChI is InChI=1S/C20H19FN4O4S/c21-17-7-6-15(14-18(17)30(27,28)24-10-12-29-13-11-24)20(26)22-19-8-9-25(23-19)16-4-2-1-3-5-16/h1-9,14H,10-13H2,(H,22,23,26). The van der Waals surface area contributed by atoms with E-state index in [0.717, 1.165) is 22.1 Å². The number of carbonyl (C=O) groups excluding carboxylic acids is 1. The van der Waals surface area contributed by atoms with Gasteiger partial charge in [-0.3, -0.25) is 4.79 Å². The third-order valence-corrected chi connectivity index (χ3v) is 6.55. The topological polar surface area (TPSA) is 93.5 Å². The molecule has 0 saturated carbocycles. The molecule has 156 valence electrons. The summed E-state index contributed by atoms with van der Waals surface area (Å²) >= 11 is 0. The van der Waals surface area contributed by atoms with Gasteiger partial charge >= 0.3 is 0 Å². The molecule has 0 spiro atoms. The molecule has 0 bridgehead atoms. The Hall–Kier alpha value is -3.08. The van der Waals surface area contributed by atoms with Gasteiger partial charge in [-0.2, -0.15) is 9.40 Å². The lowest BCUT2D eigenvalue weighted by Gasteiger charge is -2.26. The fourth-order valence-corrected chi connectivity index (χ4v) is 4.57. The molecule has 2 aromatic carbocycles. The Morgan fingerprint density at radius 1 is 1.07 bits per heavy atom. The molecule has 1 saturated heterocycles. The van der Waals surface area contributed by atoms with Crippen LogP contribution in [0.3, 0.4) is 0 Å². The van der Waals surface area contributed by atoms with Crippen LogP contribution >= 0.6 is 0 Å². The molecule has 0 atom stereocenters. The highest BCUT2D eigenvalue weighted by molar-refractivity contribution is 7.89. The molecule has 2 heterocycles. The number of morpholine rings is 1. The second-order valence-corrected chi connectivity index (χ2v) is 8.50. The summed E-state index contributed by atoms with van der Waals surface area (Å²) in [6.07, 6.45) is 1.68. The zero-order chi connectivity index (χ0) is 21.1. The Morgan fingerprint density at radius 2 is 1.80 bits per heavy atom. The first-order valence-corrected chi connectivity index (χ1v) is 10.7. The summed E-state index contributed by atoms with van der Waals surface area (Å²) in [6, 6.07) is 14.2. The molecule has 10 heteroatoms. The molecule has 0 radical (unpaired) electrons. The van der Waals surface area contributed by atoms with Crippen LogP contribution in [0.25, 0.3) is 5.69 Å². The van der Waals surface area contributed by atoms with E-state index >= 15 is 0 Å². The van der Waals surface area contributed by atoms with Crippen molar-refractivity contribution in [3.05, 3.63) is 72.2 Å². The lowest BCUT2D eigenvalue weighted by Crippen LogP contribution is -2.41. The smallest absolute Gasteiger partial charge is 0.256 e. The maximum absolute atomic E-state index is 14.3. The van der Waals surface area contributed by atoms with Crippen molar-refractivity contribution in [3.8, 4) is 5.69 Å². The fraction of sp³-hybridized carbons (Fsp3) is 0.200. The van der Waals surface area contributed by atoms with Crippen LogP contribution in [0.15, 0.2) is 65.7 Å². The zero-order valence-corrected chi connectivity index (χ0v) is 16.7. The maximum atomic E-state index is 14.3. The molecule has 3 aromatic rings. The first kappa shape index (κ1) is 20.2. The van der Waals surface area contributed by atoms with E-state index in [-0.39, 0.29) is 37.7 Å². The normalized spacial score (nSPS) is 15.1. The van der Waals surface area contributed by atoms with Gasteiger partial charge in [0, 0.05) is 30.9 Å². The van der Waals surface area contributed by atoms with Crippen LogP contribution in [0.1, 0.15) is 10.4 Å². The monoisotopic (exact) mass is 430 g/mol. The summed E-state index contributed by atoms with van der Waals surface area (Å²) in [5.41, 5.74) is 0.830. The number of benzene rings is 2. The van der Waals surface area contributed by atoms with E-state index in [4.69, 9.17) is 4.74 Å². The number of nitrogens with one attached hydrogen (secondary N) is 1. The van der Waals surface area contributed by atoms with Gasteiger partial charge in [0.1, 0.15) is 10.7 Å². The highest BCUT2D eigenvalue weighted by Gasteiger charge is 2.29. The van der Waals surface area contributed by atoms with Gasteiger partial charge in [0.25, 0.3) is 5.91 Å². The van der Waals surface area contributed by atoms with Crippen LogP contribution in [-0.4, -0.2) is 54.7 Å². The van der Waals surface area contributed by atoms with Gasteiger partial charge in [0.15, 0.2) is 5.82 Å². The van der Waals surface area contributed by atoms with E-state index in [9.17, 15) is 17.6 Å². The van der Waals surface area contributed by atoms with Crippen molar-refractivity contribution in [2.75, 3.05) is 31.6 Å². The minimum atomic E-state index is -4.07. The zero-order valence-electron chi connectivity index (χ0n) is 15.9. The Balaban J connectivity index is 1.55. The molecule has 0 unspecified atom stereocenters. The molecule has 1 fully saturated rings. The molecule has 1 aromatic heterocycles. The number of sulfonamides is 1. The maximum Gasteiger partial charge on any atom is 0.256 e. The number of para-hydroxylation sites is 1. The average Bonchev–Trinajstić information content (AvgIpc) is 3.23. The summed E-state index contributed by atoms with van der Waals surface area (Å²) < 4.78 is 47.8. The van der Waals surface area contributed by atoms with E-state index in [1.807, 2.05) is 30.3 Å². The van der Waals surface area contributed by atoms with E-state index in [1.165, 1.54) is 6.07 Å². The molecule has 1 aliphatic rings. The van der Waals surface area contributed by atoms with Crippen molar-refractivity contribution in [3.63, 3.8) is 0 Å². The third-order valence-electron chi connectivity index (χ3n) is 4.63. The molecule has 8 nitrogen and oxygen atoms in total. The van der Waals surface area contributed by atoms with E-state index < -0.39 is 26.6 Å². The first-order valence-electron chi connectivity index (χ1n) is 9.25. The predicted octanol–water partition coefficient (Wildman–Crippen LogP) is 2.28. The molecule has 1 aliphatic heterocycles. The van der Waals surface area contributed by atoms with E-state index in [0.29, 0.717) is 0 Å². The van der Waals surface area contributed by atoms with Crippen molar-refractivity contribution in [2.45, 2.75) is 4.90 Å². The number of carbonyl (C=O) groups is 1. The Labute approximate surface area is 172 Å². The number of rotatable bonds is 5. The van der Waals surface area contributed by atoms with Crippen molar-refractivity contribution in [1.82, 2.24) is 14.1 Å². The van der Waals surface area contributed by atoms with Gasteiger partial charge in [-0.05, 0) is 30.3 Å². The number of anilines is 1. The minimum absolute atomic E-state index is 0.0116. The van der Waals surface area contributed by atoms with Gasteiger partial charge in [-0.1, -0.05) is 18.2 Å². The SMILES string of the molecule is O=C(Nc1ccn(-c2ccccc2)n1)c1ccc(F)c(S(=O)(=O)N2CCOCC2)c1. The number of aromatic nitrogens is 2. The first-order chi connectivity index (χ1) is 14.4. The molecule has 1 amide bonds. The van der Waals surface area contributed by atoms with Gasteiger partial charge in [-0.25, -0.2) is 17.5 Å². The van der Waals surface area contributed by atoms with Crippen LogP contribution in [-0.2, 0) is 14.8 Å². The molecule has 30 heavy (non-hydrogen) atoms. The van der Waals surface area contributed by atoms with Crippen molar-refractivity contribution in [2.24, 2.45) is 0 Å². The quantitative estimate of drug-likeness (QED) is 0.670. The lowest BCUT2D eigenvalue weighted by molar-refractivity contribution is 0.0729. The predicted molar refractivity (Wildman–Crippen MR) is 107 cm³/mol. The second kappa shape index (κ2) is 8.34. The van der Waals surface area contributed by atoms with Crippen molar-refractivity contribution >= 4 is 21.7 Å². The van der Waals surface area contributed by atoms with E-state index in [2.05, 4.69) is 10.4 Å². The molecule has 1 N–H and O–H groups in total. The Kier molecular flexibility index (Phi) is 5.62. The molecule has 0 aliphatic carbocycles. The van der Waals surface area contributed by atoms with Crippen molar-refractivity contribution < 1.29 is 22.3 Å². The van der Waals surface area contributed by atoms with Gasteiger partial charge in [-0.15, -0.1) is 0 Å². The molecular formula is C20H19FN4O4S. The van der Waals surface area contributed by atoms with Gasteiger partial charge in [0.2, 0.25) is 10.0 Å². The number of hydrogen-bond acceptors (Lipinski definition) is 5. The number of nitrogens with zero attached hydrogens (tertiary/aromatic N) is 3. The largest absolute Gasteiger partial charge is 0.379 e. The van der Waals surface area contributed by atoms with Gasteiger partial charge < -0.3 is 10.1 Å². The second-order valence-electron chi connectivity index (χ2n) is 6.60. The average molecular weight is 430 g/mol. The number of ether oxygens (including phenoxy) is 1. The summed E-state index contributed by atoms with van der Waals surface area (Å²) in [6.45, 7) is 0.750. The van der Waals surface area contributed by atoms with Gasteiger partial charge in [0.05, 0.1) is 18.9 Å². The summed E-state index contributed by atoms with van der Waals surface area (Å²) in [7, 11) is -4.07. The summed E-state index contributed by atoms with van der Waals surface area (Å²) in [5.74, 6) is -1.22. The lowest BCUT2D eigenvalue weighted by atomic mass is 10.2. The summed E-state index contributed by atoms with van der Waals surface area (Å²) in [5, 5.41) is 6.88. The number of hydrogen-bond donors (Lipinski definition) is 1. The third kappa shape index (κ3) is 4.11. The highest BCUT2D eigenvalue weighted by Crippen LogP contribution is 2.22. The van der Waals surface area contributed by atoms with Crippen LogP contribution in [0.5, 0.6) is 0 Å². The summed E-state index contributed by atoms with van der Waals surface area (Å²) in [4.78, 5) is 12.1. The number of halogens is 1.